The lowest BCUT2D eigenvalue weighted by Crippen LogP contribution is -2.01. The second kappa shape index (κ2) is 7.32. The van der Waals surface area contributed by atoms with E-state index in [4.69, 9.17) is 4.74 Å². The van der Waals surface area contributed by atoms with Gasteiger partial charge in [0.05, 0.1) is 12.7 Å². The van der Waals surface area contributed by atoms with Crippen LogP contribution in [0.1, 0.15) is 39.9 Å². The van der Waals surface area contributed by atoms with Gasteiger partial charge in [0.1, 0.15) is 0 Å². The first-order valence-electron chi connectivity index (χ1n) is 9.37. The number of hydrogen-bond donors (Lipinski definition) is 0. The molecule has 4 aromatic carbocycles. The molecular formula is C26H22O2. The van der Waals surface area contributed by atoms with Gasteiger partial charge in [0.2, 0.25) is 0 Å². The number of fused-ring (bicyclic) bond motifs is 2. The zero-order chi connectivity index (χ0) is 19.7. The predicted molar refractivity (Wildman–Crippen MR) is 117 cm³/mol. The zero-order valence-electron chi connectivity index (χ0n) is 16.1. The molecule has 1 unspecified atom stereocenters. The van der Waals surface area contributed by atoms with Crippen molar-refractivity contribution in [2.45, 2.75) is 12.8 Å². The van der Waals surface area contributed by atoms with Crippen molar-refractivity contribution in [3.63, 3.8) is 0 Å². The maximum absolute atomic E-state index is 11.7. The zero-order valence-corrected chi connectivity index (χ0v) is 16.1. The van der Waals surface area contributed by atoms with Crippen LogP contribution in [0.15, 0.2) is 79.4 Å². The molecule has 0 amide bonds. The molecule has 138 valence electrons. The second-order valence-electron chi connectivity index (χ2n) is 7.10. The van der Waals surface area contributed by atoms with E-state index in [-0.39, 0.29) is 11.9 Å². The van der Waals surface area contributed by atoms with Crippen LogP contribution < -0.4 is 0 Å². The number of carbonyl (C=O) groups is 1. The van der Waals surface area contributed by atoms with Crippen molar-refractivity contribution in [1.82, 2.24) is 0 Å². The molecule has 0 saturated heterocycles. The molecule has 4 rings (SSSR count). The van der Waals surface area contributed by atoms with Crippen LogP contribution >= 0.6 is 0 Å². The summed E-state index contributed by atoms with van der Waals surface area (Å²) in [6.45, 7) is 6.07. The van der Waals surface area contributed by atoms with Gasteiger partial charge in [-0.3, -0.25) is 0 Å². The van der Waals surface area contributed by atoms with Gasteiger partial charge in [0, 0.05) is 5.92 Å². The fraction of sp³-hybridized carbons (Fsp3) is 0.115. The maximum atomic E-state index is 11.7. The highest BCUT2D eigenvalue weighted by Gasteiger charge is 2.11. The third kappa shape index (κ3) is 3.29. The minimum Gasteiger partial charge on any atom is -0.465 e. The van der Waals surface area contributed by atoms with Crippen LogP contribution in [0, 0.1) is 0 Å². The van der Waals surface area contributed by atoms with Gasteiger partial charge < -0.3 is 4.74 Å². The highest BCUT2D eigenvalue weighted by Crippen LogP contribution is 2.30. The van der Waals surface area contributed by atoms with Crippen LogP contribution in [0.4, 0.5) is 0 Å². The van der Waals surface area contributed by atoms with Gasteiger partial charge in [-0.1, -0.05) is 74.2 Å². The van der Waals surface area contributed by atoms with Gasteiger partial charge in [0.15, 0.2) is 0 Å². The van der Waals surface area contributed by atoms with Gasteiger partial charge >= 0.3 is 5.97 Å². The first kappa shape index (κ1) is 18.0. The predicted octanol–water partition coefficient (Wildman–Crippen LogP) is 6.57. The van der Waals surface area contributed by atoms with E-state index < -0.39 is 0 Å². The smallest absolute Gasteiger partial charge is 0.337 e. The first-order chi connectivity index (χ1) is 13.6. The van der Waals surface area contributed by atoms with E-state index >= 15 is 0 Å². The van der Waals surface area contributed by atoms with Crippen LogP contribution in [0.5, 0.6) is 0 Å². The molecule has 0 bridgehead atoms. The summed E-state index contributed by atoms with van der Waals surface area (Å²) in [5.41, 5.74) is 4.24. The molecule has 0 N–H and O–H groups in total. The molecule has 4 aromatic rings. The minimum atomic E-state index is -0.310. The fourth-order valence-electron chi connectivity index (χ4n) is 3.65. The second-order valence-corrected chi connectivity index (χ2v) is 7.10. The molecule has 0 aliphatic carbocycles. The number of ether oxygens (including phenoxy) is 1. The van der Waals surface area contributed by atoms with Gasteiger partial charge in [0.25, 0.3) is 0 Å². The molecule has 0 spiro atoms. The SMILES string of the molecule is C=Cc1ccc2cc(C(C)c3ccc4cc(C(=O)OC)ccc4c3)ccc2c1. The van der Waals surface area contributed by atoms with E-state index in [9.17, 15) is 4.79 Å². The lowest BCUT2D eigenvalue weighted by atomic mass is 9.90. The van der Waals surface area contributed by atoms with Crippen molar-refractivity contribution in [2.75, 3.05) is 7.11 Å². The van der Waals surface area contributed by atoms with Gasteiger partial charge in [-0.25, -0.2) is 4.79 Å². The third-order valence-corrected chi connectivity index (χ3v) is 5.41. The molecule has 0 aliphatic rings. The van der Waals surface area contributed by atoms with Gasteiger partial charge in [-0.2, -0.15) is 0 Å². The van der Waals surface area contributed by atoms with Crippen molar-refractivity contribution >= 4 is 33.6 Å². The monoisotopic (exact) mass is 366 g/mol. The van der Waals surface area contributed by atoms with Crippen LogP contribution in [0.2, 0.25) is 0 Å². The van der Waals surface area contributed by atoms with E-state index in [0.717, 1.165) is 16.3 Å². The molecule has 28 heavy (non-hydrogen) atoms. The largest absolute Gasteiger partial charge is 0.465 e. The average molecular weight is 366 g/mol. The van der Waals surface area contributed by atoms with Gasteiger partial charge in [-0.15, -0.1) is 0 Å². The Hall–Kier alpha value is -3.39. The number of esters is 1. The van der Waals surface area contributed by atoms with Crippen LogP contribution in [-0.4, -0.2) is 13.1 Å². The Bertz CT molecular complexity index is 1200. The highest BCUT2D eigenvalue weighted by atomic mass is 16.5. The Labute approximate surface area is 165 Å². The summed E-state index contributed by atoms with van der Waals surface area (Å²) in [7, 11) is 1.40. The Morgan fingerprint density at radius 3 is 1.96 bits per heavy atom. The Morgan fingerprint density at radius 1 is 0.821 bits per heavy atom. The van der Waals surface area contributed by atoms with Crippen LogP contribution in [0.3, 0.4) is 0 Å². The van der Waals surface area contributed by atoms with Crippen LogP contribution in [-0.2, 0) is 4.74 Å². The summed E-state index contributed by atoms with van der Waals surface area (Å²) in [6, 6.07) is 25.1. The molecule has 2 nitrogen and oxygen atoms in total. The molecule has 0 radical (unpaired) electrons. The van der Waals surface area contributed by atoms with Crippen molar-refractivity contribution in [1.29, 1.82) is 0 Å². The normalized spacial score (nSPS) is 12.1. The molecule has 0 aliphatic heterocycles. The minimum absolute atomic E-state index is 0.271. The Balaban J connectivity index is 1.69. The van der Waals surface area contributed by atoms with Crippen molar-refractivity contribution < 1.29 is 9.53 Å². The maximum Gasteiger partial charge on any atom is 0.337 e. The Kier molecular flexibility index (Phi) is 4.70. The summed E-state index contributed by atoms with van der Waals surface area (Å²) >= 11 is 0. The topological polar surface area (TPSA) is 26.3 Å². The van der Waals surface area contributed by atoms with E-state index in [2.05, 4.69) is 68.1 Å². The van der Waals surface area contributed by atoms with E-state index in [1.165, 1.54) is 29.0 Å². The quantitative estimate of drug-likeness (QED) is 0.382. The average Bonchev–Trinajstić information content (AvgIpc) is 2.76. The molecule has 0 aromatic heterocycles. The van der Waals surface area contributed by atoms with E-state index in [0.29, 0.717) is 5.56 Å². The molecule has 0 fully saturated rings. The summed E-state index contributed by atoms with van der Waals surface area (Å²) in [5, 5.41) is 4.61. The first-order valence-corrected chi connectivity index (χ1v) is 9.37. The number of benzene rings is 4. The number of hydrogen-bond acceptors (Lipinski definition) is 2. The summed E-state index contributed by atoms with van der Waals surface area (Å²) in [6.07, 6.45) is 1.87. The molecular weight excluding hydrogens is 344 g/mol. The summed E-state index contributed by atoms with van der Waals surface area (Å²) in [4.78, 5) is 11.7. The third-order valence-electron chi connectivity index (χ3n) is 5.41. The summed E-state index contributed by atoms with van der Waals surface area (Å²) in [5.74, 6) is -0.0386. The van der Waals surface area contributed by atoms with Crippen molar-refractivity contribution in [2.24, 2.45) is 0 Å². The number of rotatable bonds is 4. The summed E-state index contributed by atoms with van der Waals surface area (Å²) < 4.78 is 4.81. The highest BCUT2D eigenvalue weighted by molar-refractivity contribution is 5.95. The van der Waals surface area contributed by atoms with Crippen molar-refractivity contribution in [3.05, 3.63) is 102 Å². The molecule has 0 saturated carbocycles. The van der Waals surface area contributed by atoms with Crippen LogP contribution in [0.25, 0.3) is 27.6 Å². The molecule has 1 atom stereocenters. The van der Waals surface area contributed by atoms with Crippen molar-refractivity contribution in [3.8, 4) is 0 Å². The lowest BCUT2D eigenvalue weighted by molar-refractivity contribution is 0.0601. The Morgan fingerprint density at radius 2 is 1.36 bits per heavy atom. The van der Waals surface area contributed by atoms with E-state index in [1.54, 1.807) is 0 Å². The van der Waals surface area contributed by atoms with E-state index in [1.807, 2.05) is 24.3 Å². The van der Waals surface area contributed by atoms with Gasteiger partial charge in [-0.05, 0) is 56.4 Å². The lowest BCUT2D eigenvalue weighted by Gasteiger charge is -2.15. The number of methoxy groups -OCH3 is 1. The molecule has 2 heteroatoms. The standard InChI is InChI=1S/C26H22O2/c1-4-18-5-6-22-14-19(7-9-21(22)13-18)17(2)20-8-10-24-16-25(26(27)28-3)12-11-23(24)15-20/h4-17H,1H2,2-3H3. The fourth-order valence-corrected chi connectivity index (χ4v) is 3.65. The molecule has 0 heterocycles. The number of carbonyl (C=O) groups excluding carboxylic acids is 1.